The highest BCUT2D eigenvalue weighted by Gasteiger charge is 2.30. The summed E-state index contributed by atoms with van der Waals surface area (Å²) in [7, 11) is 0. The first kappa shape index (κ1) is 16.9. The van der Waals surface area contributed by atoms with Crippen LogP contribution in [0.5, 0.6) is 0 Å². The first-order chi connectivity index (χ1) is 12.2. The molecule has 1 amide bonds. The second kappa shape index (κ2) is 7.40. The van der Waals surface area contributed by atoms with Gasteiger partial charge >= 0.3 is 0 Å². The van der Waals surface area contributed by atoms with E-state index in [1.807, 2.05) is 12.1 Å². The number of halogens is 1. The Bertz CT molecular complexity index is 753. The second-order valence-corrected chi connectivity index (χ2v) is 8.34. The number of anilines is 1. The van der Waals surface area contributed by atoms with Crippen LogP contribution in [0.2, 0.25) is 5.02 Å². The van der Waals surface area contributed by atoms with Crippen LogP contribution in [0.4, 0.5) is 5.69 Å². The predicted octanol–water partition coefficient (Wildman–Crippen LogP) is 3.89. The first-order valence-electron chi connectivity index (χ1n) is 8.78. The Labute approximate surface area is 156 Å². The maximum Gasteiger partial charge on any atom is 0.238 e. The lowest BCUT2D eigenvalue weighted by molar-refractivity contribution is -0.117. The van der Waals surface area contributed by atoms with Crippen LogP contribution in [0.15, 0.2) is 24.3 Å². The first-order valence-corrected chi connectivity index (χ1v) is 9.98. The van der Waals surface area contributed by atoms with E-state index in [0.717, 1.165) is 31.6 Å². The van der Waals surface area contributed by atoms with Gasteiger partial charge in [0.25, 0.3) is 0 Å². The number of nitrogens with one attached hydrogen (secondary N) is 1. The minimum atomic E-state index is 0.00708. The number of hydrogen-bond donors (Lipinski definition) is 1. The van der Waals surface area contributed by atoms with E-state index in [0.29, 0.717) is 23.4 Å². The van der Waals surface area contributed by atoms with Crippen molar-refractivity contribution in [2.45, 2.75) is 37.5 Å². The van der Waals surface area contributed by atoms with Gasteiger partial charge in [0, 0.05) is 22.5 Å². The highest BCUT2D eigenvalue weighted by atomic mass is 35.5. The standard InChI is InChI=1S/C18H21ClN4OS/c19-14-2-1-3-15(10-14)20-16(24)11-23-8-6-13(7-9-23)18-22-21-17(25-18)12-4-5-12/h1-3,10,12-13H,4-9,11H2,(H,20,24). The minimum Gasteiger partial charge on any atom is -0.325 e. The zero-order valence-electron chi connectivity index (χ0n) is 13.9. The monoisotopic (exact) mass is 376 g/mol. The van der Waals surface area contributed by atoms with Gasteiger partial charge in [-0.2, -0.15) is 0 Å². The van der Waals surface area contributed by atoms with Crippen LogP contribution in [0.1, 0.15) is 47.5 Å². The normalized spacial score (nSPS) is 19.1. The van der Waals surface area contributed by atoms with Crippen molar-refractivity contribution in [3.63, 3.8) is 0 Å². The van der Waals surface area contributed by atoms with Gasteiger partial charge in [-0.15, -0.1) is 21.5 Å². The highest BCUT2D eigenvalue weighted by molar-refractivity contribution is 7.11. The van der Waals surface area contributed by atoms with E-state index in [1.54, 1.807) is 23.5 Å². The summed E-state index contributed by atoms with van der Waals surface area (Å²) in [6.45, 7) is 2.26. The lowest BCUT2D eigenvalue weighted by Gasteiger charge is -2.30. The van der Waals surface area contributed by atoms with E-state index in [4.69, 9.17) is 11.6 Å². The van der Waals surface area contributed by atoms with Crippen molar-refractivity contribution in [3.8, 4) is 0 Å². The summed E-state index contributed by atoms with van der Waals surface area (Å²) in [6, 6.07) is 7.24. The molecule has 0 radical (unpaired) electrons. The van der Waals surface area contributed by atoms with E-state index >= 15 is 0 Å². The maximum atomic E-state index is 12.2. The van der Waals surface area contributed by atoms with Gasteiger partial charge < -0.3 is 5.32 Å². The Morgan fingerprint density at radius 1 is 1.16 bits per heavy atom. The number of benzene rings is 1. The van der Waals surface area contributed by atoms with Crippen LogP contribution < -0.4 is 5.32 Å². The molecule has 1 aromatic carbocycles. The quantitative estimate of drug-likeness (QED) is 0.860. The summed E-state index contributed by atoms with van der Waals surface area (Å²) in [5.41, 5.74) is 0.744. The van der Waals surface area contributed by atoms with Crippen LogP contribution in [0.3, 0.4) is 0 Å². The van der Waals surface area contributed by atoms with Gasteiger partial charge in [0.05, 0.1) is 6.54 Å². The van der Waals surface area contributed by atoms with E-state index in [-0.39, 0.29) is 5.91 Å². The molecule has 1 saturated carbocycles. The van der Waals surface area contributed by atoms with E-state index < -0.39 is 0 Å². The average molecular weight is 377 g/mol. The van der Waals surface area contributed by atoms with Gasteiger partial charge in [-0.05, 0) is 57.0 Å². The van der Waals surface area contributed by atoms with Gasteiger partial charge in [0.15, 0.2) is 0 Å². The van der Waals surface area contributed by atoms with Gasteiger partial charge in [-0.3, -0.25) is 9.69 Å². The molecule has 0 spiro atoms. The zero-order valence-corrected chi connectivity index (χ0v) is 15.5. The third-order valence-corrected chi connectivity index (χ3v) is 6.28. The van der Waals surface area contributed by atoms with Crippen LogP contribution in [-0.2, 0) is 4.79 Å². The number of rotatable bonds is 5. The molecule has 4 rings (SSSR count). The third-order valence-electron chi connectivity index (χ3n) is 4.80. The molecule has 7 heteroatoms. The average Bonchev–Trinajstić information content (AvgIpc) is 3.33. The van der Waals surface area contributed by atoms with Crippen molar-refractivity contribution in [2.75, 3.05) is 25.0 Å². The Hall–Kier alpha value is -1.50. The fourth-order valence-electron chi connectivity index (χ4n) is 3.21. The molecular formula is C18H21ClN4OS. The Balaban J connectivity index is 1.26. The predicted molar refractivity (Wildman–Crippen MR) is 100 cm³/mol. The van der Waals surface area contributed by atoms with Gasteiger partial charge in [-0.25, -0.2) is 0 Å². The number of carbonyl (C=O) groups is 1. The second-order valence-electron chi connectivity index (χ2n) is 6.86. The molecule has 1 aromatic heterocycles. The molecule has 2 fully saturated rings. The molecule has 5 nitrogen and oxygen atoms in total. The van der Waals surface area contributed by atoms with E-state index in [1.165, 1.54) is 22.9 Å². The molecule has 25 heavy (non-hydrogen) atoms. The third kappa shape index (κ3) is 4.37. The smallest absolute Gasteiger partial charge is 0.238 e. The Kier molecular flexibility index (Phi) is 5.01. The van der Waals surface area contributed by atoms with Crippen molar-refractivity contribution in [1.82, 2.24) is 15.1 Å². The molecule has 2 aromatic rings. The lowest BCUT2D eigenvalue weighted by atomic mass is 9.98. The molecule has 0 bridgehead atoms. The number of piperidine rings is 1. The van der Waals surface area contributed by atoms with Gasteiger partial charge in [0.2, 0.25) is 5.91 Å². The molecule has 132 valence electrons. The van der Waals surface area contributed by atoms with Crippen LogP contribution in [0, 0.1) is 0 Å². The Morgan fingerprint density at radius 2 is 1.84 bits per heavy atom. The Morgan fingerprint density at radius 3 is 2.48 bits per heavy atom. The number of hydrogen-bond acceptors (Lipinski definition) is 5. The molecule has 1 aliphatic carbocycles. The minimum absolute atomic E-state index is 0.00708. The van der Waals surface area contributed by atoms with Gasteiger partial charge in [-0.1, -0.05) is 17.7 Å². The fourth-order valence-corrected chi connectivity index (χ4v) is 4.59. The van der Waals surface area contributed by atoms with Crippen molar-refractivity contribution in [3.05, 3.63) is 39.3 Å². The number of nitrogens with zero attached hydrogens (tertiary/aromatic N) is 3. The highest BCUT2D eigenvalue weighted by Crippen LogP contribution is 2.43. The number of carbonyl (C=O) groups excluding carboxylic acids is 1. The van der Waals surface area contributed by atoms with E-state index in [2.05, 4.69) is 20.4 Å². The zero-order chi connectivity index (χ0) is 17.2. The molecular weight excluding hydrogens is 356 g/mol. The summed E-state index contributed by atoms with van der Waals surface area (Å²) >= 11 is 7.74. The van der Waals surface area contributed by atoms with Crippen molar-refractivity contribution >= 4 is 34.5 Å². The fraction of sp³-hybridized carbons (Fsp3) is 0.500. The summed E-state index contributed by atoms with van der Waals surface area (Å²) in [5.74, 6) is 1.19. The largest absolute Gasteiger partial charge is 0.325 e. The topological polar surface area (TPSA) is 58.1 Å². The number of amides is 1. The SMILES string of the molecule is O=C(CN1CCC(c2nnc(C3CC3)s2)CC1)Nc1cccc(Cl)c1. The summed E-state index contributed by atoms with van der Waals surface area (Å²) in [4.78, 5) is 14.4. The van der Waals surface area contributed by atoms with Crippen molar-refractivity contribution in [1.29, 1.82) is 0 Å². The summed E-state index contributed by atoms with van der Waals surface area (Å²) < 4.78 is 0. The molecule has 0 atom stereocenters. The summed E-state index contributed by atoms with van der Waals surface area (Å²) in [5, 5.41) is 14.7. The van der Waals surface area contributed by atoms with Crippen LogP contribution in [-0.4, -0.2) is 40.6 Å². The molecule has 1 aliphatic heterocycles. The number of aromatic nitrogens is 2. The lowest BCUT2D eigenvalue weighted by Crippen LogP contribution is -2.38. The van der Waals surface area contributed by atoms with Crippen LogP contribution in [0.25, 0.3) is 0 Å². The molecule has 2 heterocycles. The molecule has 0 unspecified atom stereocenters. The number of likely N-dealkylation sites (tertiary alicyclic amines) is 1. The van der Waals surface area contributed by atoms with Crippen LogP contribution >= 0.6 is 22.9 Å². The summed E-state index contributed by atoms with van der Waals surface area (Å²) in [6.07, 6.45) is 4.64. The van der Waals surface area contributed by atoms with Crippen molar-refractivity contribution < 1.29 is 4.79 Å². The molecule has 1 saturated heterocycles. The maximum absolute atomic E-state index is 12.2. The molecule has 1 N–H and O–H groups in total. The van der Waals surface area contributed by atoms with E-state index in [9.17, 15) is 4.79 Å². The molecule has 2 aliphatic rings. The van der Waals surface area contributed by atoms with Gasteiger partial charge in [0.1, 0.15) is 10.0 Å². The van der Waals surface area contributed by atoms with Crippen molar-refractivity contribution in [2.24, 2.45) is 0 Å².